The third kappa shape index (κ3) is 14.0. The van der Waals surface area contributed by atoms with Crippen molar-refractivity contribution in [2.24, 2.45) is 0 Å². The van der Waals surface area contributed by atoms with E-state index in [0.29, 0.717) is 108 Å². The van der Waals surface area contributed by atoms with Gasteiger partial charge in [-0.25, -0.2) is 9.97 Å². The van der Waals surface area contributed by atoms with Crippen LogP contribution in [0, 0.1) is 36.5 Å². The van der Waals surface area contributed by atoms with Gasteiger partial charge in [-0.15, -0.1) is 0 Å². The third-order valence-corrected chi connectivity index (χ3v) is 14.2. The van der Waals surface area contributed by atoms with Crippen molar-refractivity contribution in [3.63, 3.8) is 0 Å². The number of carbonyl (C=O) groups excluding carboxylic acids is 4. The van der Waals surface area contributed by atoms with E-state index in [-0.39, 0.29) is 23.6 Å². The zero-order chi connectivity index (χ0) is 53.4. The Morgan fingerprint density at radius 2 is 1.09 bits per heavy atom. The number of hydrogen-bond acceptors (Lipinski definition) is 12. The number of anilines is 4. The molecule has 16 nitrogen and oxygen atoms in total. The number of carbonyl (C=O) groups is 4. The summed E-state index contributed by atoms with van der Waals surface area (Å²) in [6.07, 6.45) is 7.56. The molecule has 4 aromatic carbocycles. The van der Waals surface area contributed by atoms with Gasteiger partial charge in [0.05, 0.1) is 47.6 Å². The number of benzene rings is 4. The van der Waals surface area contributed by atoms with E-state index in [1.54, 1.807) is 43.6 Å². The Morgan fingerprint density at radius 3 is 1.54 bits per heavy atom. The molecular weight excluding hydrogens is 957 g/mol. The molecule has 4 amide bonds. The molecular formula is C60H64N10O6. The van der Waals surface area contributed by atoms with Crippen LogP contribution < -0.4 is 20.9 Å². The summed E-state index contributed by atoms with van der Waals surface area (Å²) in [7, 11) is 1.63. The monoisotopic (exact) mass is 1020 g/mol. The lowest BCUT2D eigenvalue weighted by Gasteiger charge is -2.32. The maximum atomic E-state index is 13.3. The molecule has 390 valence electrons. The summed E-state index contributed by atoms with van der Waals surface area (Å²) < 4.78 is 10.5. The largest absolute Gasteiger partial charge is 0.383 e. The van der Waals surface area contributed by atoms with Crippen LogP contribution in [0.3, 0.4) is 0 Å². The normalized spacial score (nSPS) is 15.0. The summed E-state index contributed by atoms with van der Waals surface area (Å²) in [6.45, 7) is 10.8. The number of nitrogens with one attached hydrogen (secondary N) is 3. The number of aryl methyl sites for hydroxylation is 2. The van der Waals surface area contributed by atoms with E-state index in [1.165, 1.54) is 17.3 Å². The van der Waals surface area contributed by atoms with Crippen LogP contribution in [0.2, 0.25) is 0 Å². The van der Waals surface area contributed by atoms with Gasteiger partial charge in [0.2, 0.25) is 0 Å². The van der Waals surface area contributed by atoms with E-state index < -0.39 is 0 Å². The highest BCUT2D eigenvalue weighted by Gasteiger charge is 2.27. The molecule has 16 heteroatoms. The molecule has 3 fully saturated rings. The van der Waals surface area contributed by atoms with Crippen molar-refractivity contribution in [3.05, 3.63) is 177 Å². The zero-order valence-corrected chi connectivity index (χ0v) is 43.4. The molecule has 5 heterocycles. The van der Waals surface area contributed by atoms with Gasteiger partial charge < -0.3 is 40.1 Å². The number of likely N-dealkylation sites (tertiary alicyclic amines) is 2. The lowest BCUT2D eigenvalue weighted by molar-refractivity contribution is 0.0705. The topological polar surface area (TPSA) is 206 Å². The molecule has 3 aliphatic heterocycles. The van der Waals surface area contributed by atoms with Crippen LogP contribution in [-0.4, -0.2) is 116 Å². The number of nitriles is 2. The zero-order valence-electron chi connectivity index (χ0n) is 43.4. The van der Waals surface area contributed by atoms with Crippen LogP contribution in [0.1, 0.15) is 119 Å². The molecule has 3 saturated heterocycles. The molecule has 9 rings (SSSR count). The van der Waals surface area contributed by atoms with E-state index >= 15 is 0 Å². The minimum absolute atomic E-state index is 0.0313. The van der Waals surface area contributed by atoms with E-state index in [1.807, 2.05) is 103 Å². The highest BCUT2D eigenvalue weighted by Crippen LogP contribution is 2.31. The van der Waals surface area contributed by atoms with Crippen molar-refractivity contribution in [1.29, 1.82) is 10.5 Å². The van der Waals surface area contributed by atoms with Crippen molar-refractivity contribution in [2.75, 3.05) is 93.6 Å². The molecule has 0 unspecified atom stereocenters. The van der Waals surface area contributed by atoms with Crippen LogP contribution in [0.25, 0.3) is 0 Å². The average Bonchev–Trinajstić information content (AvgIpc) is 3.77. The Morgan fingerprint density at radius 1 is 0.605 bits per heavy atom. The van der Waals surface area contributed by atoms with Gasteiger partial charge in [0.25, 0.3) is 23.6 Å². The van der Waals surface area contributed by atoms with Gasteiger partial charge in [-0.1, -0.05) is 36.4 Å². The molecule has 0 radical (unpaired) electrons. The Balaban J connectivity index is 0.000000202. The summed E-state index contributed by atoms with van der Waals surface area (Å²) >= 11 is 0. The predicted molar refractivity (Wildman–Crippen MR) is 293 cm³/mol. The Bertz CT molecular complexity index is 3040. The summed E-state index contributed by atoms with van der Waals surface area (Å²) in [6, 6.07) is 37.7. The molecule has 3 aliphatic rings. The number of methoxy groups -OCH3 is 1. The predicted octanol–water partition coefficient (Wildman–Crippen LogP) is 9.35. The molecule has 2 aromatic heterocycles. The number of rotatable bonds is 13. The maximum Gasteiger partial charge on any atom is 0.257 e. The van der Waals surface area contributed by atoms with Crippen molar-refractivity contribution in [2.45, 2.75) is 57.8 Å². The van der Waals surface area contributed by atoms with Gasteiger partial charge in [-0.2, -0.15) is 10.5 Å². The lowest BCUT2D eigenvalue weighted by Crippen LogP contribution is -2.38. The second kappa shape index (κ2) is 26.2. The van der Waals surface area contributed by atoms with Gasteiger partial charge in [0.1, 0.15) is 11.6 Å². The first-order valence-corrected chi connectivity index (χ1v) is 25.9. The number of piperidine rings is 2. The van der Waals surface area contributed by atoms with Crippen LogP contribution in [0.15, 0.2) is 122 Å². The van der Waals surface area contributed by atoms with Gasteiger partial charge in [0, 0.05) is 94.4 Å². The van der Waals surface area contributed by atoms with E-state index in [2.05, 4.69) is 43.0 Å². The van der Waals surface area contributed by atoms with Crippen molar-refractivity contribution < 1.29 is 28.7 Å². The Labute approximate surface area is 444 Å². The van der Waals surface area contributed by atoms with Crippen LogP contribution in [-0.2, 0) is 9.47 Å². The molecule has 6 aromatic rings. The van der Waals surface area contributed by atoms with Gasteiger partial charge in [-0.3, -0.25) is 19.2 Å². The first-order valence-electron chi connectivity index (χ1n) is 25.9. The molecule has 76 heavy (non-hydrogen) atoms. The standard InChI is InChI=1S/C31H33N5O3.C29H31N5O3/c1-22-3-6-26(31(38)36-14-11-25(12-15-36)24-7-4-23(20-32)5-8-24)19-28(22)34-30(37)27-9-10-29(33-21-27)35-13-2-17-39-18-16-35;1-20-3-6-24(17-26(20)33-28(35)25-9-10-27(32-19-25)31-13-16-37-2)29(36)34-14-11-23(12-15-34)22-7-4-21(18-30)5-8-22/h3-10,19,21,25H,2,11-18H2,1H3,(H,34,37);3-10,17,19,23H,11-16H2,1-2H3,(H,31,32)(H,33,35). The molecule has 0 aliphatic carbocycles. The van der Waals surface area contributed by atoms with Crippen LogP contribution in [0.5, 0.6) is 0 Å². The number of nitrogens with zero attached hydrogens (tertiary/aromatic N) is 7. The van der Waals surface area contributed by atoms with Gasteiger partial charge in [0.15, 0.2) is 0 Å². The first kappa shape index (κ1) is 53.8. The minimum atomic E-state index is -0.285. The number of hydrogen-bond donors (Lipinski definition) is 3. The Hall–Kier alpha value is -8.44. The van der Waals surface area contributed by atoms with E-state index in [4.69, 9.17) is 20.0 Å². The molecule has 0 saturated carbocycles. The Kier molecular flexibility index (Phi) is 18.5. The number of amides is 4. The average molecular weight is 1020 g/mol. The summed E-state index contributed by atoms with van der Waals surface area (Å²) in [4.78, 5) is 67.1. The van der Waals surface area contributed by atoms with E-state index in [0.717, 1.165) is 68.7 Å². The number of pyridine rings is 2. The highest BCUT2D eigenvalue weighted by molar-refractivity contribution is 6.06. The number of ether oxygens (including phenoxy) is 2. The van der Waals surface area contributed by atoms with E-state index in [9.17, 15) is 19.2 Å². The van der Waals surface area contributed by atoms with Gasteiger partial charge >= 0.3 is 0 Å². The maximum absolute atomic E-state index is 13.3. The minimum Gasteiger partial charge on any atom is -0.383 e. The summed E-state index contributed by atoms with van der Waals surface area (Å²) in [5, 5.41) is 27.0. The molecule has 3 N–H and O–H groups in total. The fourth-order valence-corrected chi connectivity index (χ4v) is 9.62. The second-order valence-electron chi connectivity index (χ2n) is 19.3. The van der Waals surface area contributed by atoms with Crippen LogP contribution in [0.4, 0.5) is 23.0 Å². The smallest absolute Gasteiger partial charge is 0.257 e. The highest BCUT2D eigenvalue weighted by atomic mass is 16.5. The number of aromatic nitrogens is 2. The molecule has 0 atom stereocenters. The first-order chi connectivity index (χ1) is 37.0. The summed E-state index contributed by atoms with van der Waals surface area (Å²) in [5.74, 6) is 1.64. The lowest BCUT2D eigenvalue weighted by atomic mass is 9.89. The quantitative estimate of drug-likeness (QED) is 0.0926. The van der Waals surface area contributed by atoms with Crippen LogP contribution >= 0.6 is 0 Å². The van der Waals surface area contributed by atoms with Crippen molar-refractivity contribution in [1.82, 2.24) is 19.8 Å². The SMILES string of the molecule is COCCNc1ccc(C(=O)Nc2cc(C(=O)N3CCC(c4ccc(C#N)cc4)CC3)ccc2C)cn1.Cc1ccc(C(=O)N2CCC(c3ccc(C#N)cc3)CC2)cc1NC(=O)c1ccc(N2CCCOCC2)nc1. The third-order valence-electron chi connectivity index (χ3n) is 14.2. The van der Waals surface area contributed by atoms with Crippen molar-refractivity contribution in [3.8, 4) is 12.1 Å². The molecule has 0 bridgehead atoms. The van der Waals surface area contributed by atoms with Crippen molar-refractivity contribution >= 4 is 46.6 Å². The fraction of sp³-hybridized carbons (Fsp3) is 0.333. The molecule has 0 spiro atoms. The second-order valence-corrected chi connectivity index (χ2v) is 19.3. The summed E-state index contributed by atoms with van der Waals surface area (Å²) in [5.41, 5.74) is 8.71. The van der Waals surface area contributed by atoms with Gasteiger partial charge in [-0.05, 0) is 153 Å². The fourth-order valence-electron chi connectivity index (χ4n) is 9.62.